The van der Waals surface area contributed by atoms with Gasteiger partial charge in [-0.1, -0.05) is 13.8 Å². The number of nitrogens with two attached hydrogens (primary N) is 1. The average Bonchev–Trinajstić information content (AvgIpc) is 2.63. The first-order chi connectivity index (χ1) is 5.96. The maximum Gasteiger partial charge on any atom is 0.0699 e. The number of nitrogens with zero attached hydrogens (tertiary/aromatic N) is 1. The van der Waals surface area contributed by atoms with Crippen LogP contribution in [0.15, 0.2) is 6.07 Å². The summed E-state index contributed by atoms with van der Waals surface area (Å²) in [4.78, 5) is 0. The molecule has 0 saturated heterocycles. The zero-order valence-corrected chi connectivity index (χ0v) is 8.52. The highest BCUT2D eigenvalue weighted by atomic mass is 15.1. The molecule has 13 heavy (non-hydrogen) atoms. The van der Waals surface area contributed by atoms with Crippen molar-refractivity contribution >= 4 is 0 Å². The van der Waals surface area contributed by atoms with Gasteiger partial charge in [0.2, 0.25) is 0 Å². The molecule has 3 nitrogen and oxygen atoms in total. The van der Waals surface area contributed by atoms with E-state index >= 15 is 0 Å². The summed E-state index contributed by atoms with van der Waals surface area (Å²) in [5, 5.41) is 7.26. The van der Waals surface area contributed by atoms with Crippen molar-refractivity contribution < 1.29 is 0 Å². The summed E-state index contributed by atoms with van der Waals surface area (Å²) >= 11 is 0. The van der Waals surface area contributed by atoms with Gasteiger partial charge in [0, 0.05) is 16.6 Å². The fourth-order valence-electron chi connectivity index (χ4n) is 1.75. The highest BCUT2D eigenvalue weighted by Crippen LogP contribution is 2.48. The number of aryl methyl sites for hydroxylation is 1. The number of H-pyrrole nitrogens is 1. The van der Waals surface area contributed by atoms with Crippen molar-refractivity contribution in [3.05, 3.63) is 17.5 Å². The van der Waals surface area contributed by atoms with Gasteiger partial charge in [-0.15, -0.1) is 0 Å². The topological polar surface area (TPSA) is 54.7 Å². The third kappa shape index (κ3) is 1.18. The summed E-state index contributed by atoms with van der Waals surface area (Å²) in [7, 11) is 0. The Bertz CT molecular complexity index is 321. The Labute approximate surface area is 78.7 Å². The summed E-state index contributed by atoms with van der Waals surface area (Å²) < 4.78 is 0. The second-order valence-corrected chi connectivity index (χ2v) is 4.72. The van der Waals surface area contributed by atoms with E-state index in [2.05, 4.69) is 30.1 Å². The van der Waals surface area contributed by atoms with Crippen LogP contribution in [0.5, 0.6) is 0 Å². The molecule has 1 fully saturated rings. The monoisotopic (exact) mass is 179 g/mol. The van der Waals surface area contributed by atoms with E-state index in [4.69, 9.17) is 5.73 Å². The minimum atomic E-state index is -0.0192. The Morgan fingerprint density at radius 2 is 2.15 bits per heavy atom. The van der Waals surface area contributed by atoms with Gasteiger partial charge >= 0.3 is 0 Å². The second-order valence-electron chi connectivity index (χ2n) is 4.72. The van der Waals surface area contributed by atoms with Crippen LogP contribution >= 0.6 is 0 Å². The first-order valence-electron chi connectivity index (χ1n) is 4.77. The van der Waals surface area contributed by atoms with Gasteiger partial charge in [0.1, 0.15) is 0 Å². The van der Waals surface area contributed by atoms with Gasteiger partial charge in [0.05, 0.1) is 5.69 Å². The molecule has 0 aromatic carbocycles. The molecule has 1 saturated carbocycles. The lowest BCUT2D eigenvalue weighted by Crippen LogP contribution is -2.43. The van der Waals surface area contributed by atoms with Crippen LogP contribution in [0.4, 0.5) is 0 Å². The lowest BCUT2D eigenvalue weighted by Gasteiger charge is -2.29. The third-order valence-electron chi connectivity index (χ3n) is 3.38. The molecule has 0 bridgehead atoms. The standard InChI is InChI=1S/C10H17N3/c1-7-6-8(13-12-7)9(2,3)10(11)4-5-10/h6H,4-5,11H2,1-3H3,(H,12,13). The lowest BCUT2D eigenvalue weighted by atomic mass is 9.79. The largest absolute Gasteiger partial charge is 0.324 e. The van der Waals surface area contributed by atoms with E-state index in [0.717, 1.165) is 24.2 Å². The summed E-state index contributed by atoms with van der Waals surface area (Å²) in [6.45, 7) is 6.37. The number of hydrogen-bond acceptors (Lipinski definition) is 2. The third-order valence-corrected chi connectivity index (χ3v) is 3.38. The van der Waals surface area contributed by atoms with Crippen molar-refractivity contribution in [1.29, 1.82) is 0 Å². The van der Waals surface area contributed by atoms with Crippen LogP contribution in [-0.4, -0.2) is 15.7 Å². The molecular weight excluding hydrogens is 162 g/mol. The van der Waals surface area contributed by atoms with E-state index in [0.29, 0.717) is 0 Å². The molecule has 0 aliphatic heterocycles. The highest BCUT2D eigenvalue weighted by molar-refractivity contribution is 5.27. The summed E-state index contributed by atoms with van der Waals surface area (Å²) in [5.41, 5.74) is 8.38. The first-order valence-corrected chi connectivity index (χ1v) is 4.77. The Balaban J connectivity index is 2.34. The SMILES string of the molecule is Cc1cc(C(C)(C)C2(N)CC2)n[nH]1. The predicted molar refractivity (Wildman–Crippen MR) is 52.5 cm³/mol. The Hall–Kier alpha value is -0.830. The highest BCUT2D eigenvalue weighted by Gasteiger charge is 2.52. The zero-order chi connectivity index (χ0) is 9.69. The number of aromatic nitrogens is 2. The maximum absolute atomic E-state index is 6.21. The van der Waals surface area contributed by atoms with Crippen LogP contribution in [-0.2, 0) is 5.41 Å². The minimum Gasteiger partial charge on any atom is -0.324 e. The van der Waals surface area contributed by atoms with Crippen molar-refractivity contribution in [2.24, 2.45) is 5.73 Å². The summed E-state index contributed by atoms with van der Waals surface area (Å²) in [6.07, 6.45) is 2.23. The van der Waals surface area contributed by atoms with Gasteiger partial charge in [0.15, 0.2) is 0 Å². The number of rotatable bonds is 2. The predicted octanol–water partition coefficient (Wildman–Crippen LogP) is 1.49. The van der Waals surface area contributed by atoms with E-state index in [1.54, 1.807) is 0 Å². The second kappa shape index (κ2) is 2.35. The molecule has 1 aromatic rings. The molecule has 3 heteroatoms. The quantitative estimate of drug-likeness (QED) is 0.722. The van der Waals surface area contributed by atoms with Crippen molar-refractivity contribution in [1.82, 2.24) is 10.2 Å². The van der Waals surface area contributed by atoms with E-state index in [-0.39, 0.29) is 11.0 Å². The molecule has 0 atom stereocenters. The first kappa shape index (κ1) is 8.75. The molecule has 1 aliphatic carbocycles. The van der Waals surface area contributed by atoms with E-state index in [1.165, 1.54) is 0 Å². The molecule has 0 radical (unpaired) electrons. The molecule has 0 amide bonds. The lowest BCUT2D eigenvalue weighted by molar-refractivity contribution is 0.380. The normalized spacial score (nSPS) is 20.3. The summed E-state index contributed by atoms with van der Waals surface area (Å²) in [6, 6.07) is 2.09. The molecule has 0 unspecified atom stereocenters. The fraction of sp³-hybridized carbons (Fsp3) is 0.700. The van der Waals surface area contributed by atoms with Crippen molar-refractivity contribution in [2.45, 2.75) is 44.6 Å². The van der Waals surface area contributed by atoms with E-state index in [9.17, 15) is 0 Å². The van der Waals surface area contributed by atoms with Crippen molar-refractivity contribution in [3.63, 3.8) is 0 Å². The van der Waals surface area contributed by atoms with Gasteiger partial charge in [-0.05, 0) is 25.8 Å². The number of hydrogen-bond donors (Lipinski definition) is 2. The zero-order valence-electron chi connectivity index (χ0n) is 8.52. The molecule has 3 N–H and O–H groups in total. The van der Waals surface area contributed by atoms with E-state index in [1.807, 2.05) is 6.92 Å². The van der Waals surface area contributed by atoms with E-state index < -0.39 is 0 Å². The van der Waals surface area contributed by atoms with Gasteiger partial charge in [-0.25, -0.2) is 0 Å². The van der Waals surface area contributed by atoms with Crippen molar-refractivity contribution in [2.75, 3.05) is 0 Å². The number of nitrogens with one attached hydrogen (secondary N) is 1. The maximum atomic E-state index is 6.21. The fourth-order valence-corrected chi connectivity index (χ4v) is 1.75. The molecule has 1 heterocycles. The van der Waals surface area contributed by atoms with Crippen LogP contribution in [0.25, 0.3) is 0 Å². The Morgan fingerprint density at radius 1 is 1.54 bits per heavy atom. The van der Waals surface area contributed by atoms with Gasteiger partial charge < -0.3 is 5.73 Å². The van der Waals surface area contributed by atoms with Crippen LogP contribution in [0, 0.1) is 6.92 Å². The summed E-state index contributed by atoms with van der Waals surface area (Å²) in [5.74, 6) is 0. The molecule has 2 rings (SSSR count). The average molecular weight is 179 g/mol. The molecule has 1 aromatic heterocycles. The number of aromatic amines is 1. The smallest absolute Gasteiger partial charge is 0.0699 e. The Kier molecular flexibility index (Phi) is 1.58. The van der Waals surface area contributed by atoms with Crippen LogP contribution in [0.2, 0.25) is 0 Å². The van der Waals surface area contributed by atoms with Gasteiger partial charge in [-0.2, -0.15) is 5.10 Å². The van der Waals surface area contributed by atoms with Crippen molar-refractivity contribution in [3.8, 4) is 0 Å². The van der Waals surface area contributed by atoms with Crippen LogP contribution < -0.4 is 5.73 Å². The van der Waals surface area contributed by atoms with Gasteiger partial charge in [0.25, 0.3) is 0 Å². The van der Waals surface area contributed by atoms with Gasteiger partial charge in [-0.3, -0.25) is 5.10 Å². The Morgan fingerprint density at radius 3 is 2.54 bits per heavy atom. The van der Waals surface area contributed by atoms with Crippen LogP contribution in [0.1, 0.15) is 38.1 Å². The minimum absolute atomic E-state index is 0.00222. The molecule has 0 spiro atoms. The molecule has 1 aliphatic rings. The molecular formula is C10H17N3. The molecule has 72 valence electrons. The van der Waals surface area contributed by atoms with Crippen LogP contribution in [0.3, 0.4) is 0 Å².